The number of benzene rings is 2. The lowest BCUT2D eigenvalue weighted by Crippen LogP contribution is -2.20. The number of carbonyl (C=O) groups excluding carboxylic acids is 1. The van der Waals surface area contributed by atoms with Gasteiger partial charge in [-0.2, -0.15) is 0 Å². The molecular formula is C22H16FN3O3. The lowest BCUT2D eigenvalue weighted by atomic mass is 10.2. The molecule has 2 aromatic heterocycles. The van der Waals surface area contributed by atoms with E-state index in [0.717, 1.165) is 0 Å². The summed E-state index contributed by atoms with van der Waals surface area (Å²) in [6, 6.07) is 18.2. The van der Waals surface area contributed by atoms with Crippen LogP contribution in [0.5, 0.6) is 0 Å². The van der Waals surface area contributed by atoms with Crippen molar-refractivity contribution in [1.82, 2.24) is 4.98 Å². The van der Waals surface area contributed by atoms with Gasteiger partial charge < -0.3 is 15.1 Å². The van der Waals surface area contributed by atoms with E-state index in [1.807, 2.05) is 0 Å². The number of hydrogen-bond acceptors (Lipinski definition) is 5. The van der Waals surface area contributed by atoms with E-state index < -0.39 is 11.5 Å². The highest BCUT2D eigenvalue weighted by atomic mass is 19.1. The minimum absolute atomic E-state index is 0.0922. The maximum Gasteiger partial charge on any atom is 0.349 e. The standard InChI is InChI=1S/C22H16FN3O3/c23-18-7-3-1-6-15(18)12-24-20-10-9-16(13-25-20)26-21(27)17-11-14-5-2-4-8-19(14)29-22(17)28/h1-11,13H,12H2,(H,24,25)(H,26,27). The fourth-order valence-electron chi connectivity index (χ4n) is 2.82. The number of hydrogen-bond donors (Lipinski definition) is 2. The molecule has 0 aliphatic heterocycles. The Balaban J connectivity index is 1.45. The maximum atomic E-state index is 13.7. The number of aromatic nitrogens is 1. The molecule has 0 fully saturated rings. The Labute approximate surface area is 165 Å². The molecule has 4 aromatic rings. The smallest absolute Gasteiger partial charge is 0.349 e. The first-order valence-electron chi connectivity index (χ1n) is 8.88. The number of halogens is 1. The van der Waals surface area contributed by atoms with Gasteiger partial charge in [0.15, 0.2) is 0 Å². The van der Waals surface area contributed by atoms with E-state index in [1.165, 1.54) is 18.3 Å². The van der Waals surface area contributed by atoms with Gasteiger partial charge in [-0.1, -0.05) is 36.4 Å². The SMILES string of the molecule is O=C(Nc1ccc(NCc2ccccc2F)nc1)c1cc2ccccc2oc1=O. The van der Waals surface area contributed by atoms with Crippen LogP contribution in [-0.2, 0) is 6.54 Å². The number of fused-ring (bicyclic) bond motifs is 1. The number of anilines is 2. The third-order valence-corrected chi connectivity index (χ3v) is 4.33. The van der Waals surface area contributed by atoms with Crippen LogP contribution in [-0.4, -0.2) is 10.9 Å². The van der Waals surface area contributed by atoms with Crippen LogP contribution in [0.1, 0.15) is 15.9 Å². The summed E-state index contributed by atoms with van der Waals surface area (Å²) in [6.07, 6.45) is 1.45. The molecule has 0 saturated carbocycles. The molecule has 7 heteroatoms. The number of carbonyl (C=O) groups is 1. The Bertz CT molecular complexity index is 1240. The first kappa shape index (κ1) is 18.4. The summed E-state index contributed by atoms with van der Waals surface area (Å²) in [4.78, 5) is 28.7. The second-order valence-electron chi connectivity index (χ2n) is 6.32. The zero-order valence-corrected chi connectivity index (χ0v) is 15.2. The summed E-state index contributed by atoms with van der Waals surface area (Å²) in [7, 11) is 0. The van der Waals surface area contributed by atoms with Gasteiger partial charge in [-0.25, -0.2) is 14.2 Å². The minimum Gasteiger partial charge on any atom is -0.422 e. The molecule has 0 aliphatic rings. The molecule has 0 saturated heterocycles. The van der Waals surface area contributed by atoms with Crippen molar-refractivity contribution < 1.29 is 13.6 Å². The van der Waals surface area contributed by atoms with E-state index >= 15 is 0 Å². The van der Waals surface area contributed by atoms with Gasteiger partial charge in [0.25, 0.3) is 5.91 Å². The predicted octanol–water partition coefficient (Wildman–Crippen LogP) is 4.19. The monoisotopic (exact) mass is 389 g/mol. The highest BCUT2D eigenvalue weighted by molar-refractivity contribution is 6.05. The first-order chi connectivity index (χ1) is 14.1. The van der Waals surface area contributed by atoms with E-state index in [-0.39, 0.29) is 17.9 Å². The molecule has 4 rings (SSSR count). The highest BCUT2D eigenvalue weighted by Gasteiger charge is 2.14. The Morgan fingerprint density at radius 2 is 1.83 bits per heavy atom. The van der Waals surface area contributed by atoms with Crippen LogP contribution in [0.2, 0.25) is 0 Å². The van der Waals surface area contributed by atoms with Crippen LogP contribution >= 0.6 is 0 Å². The van der Waals surface area contributed by atoms with Crippen molar-refractivity contribution >= 4 is 28.4 Å². The molecular weight excluding hydrogens is 373 g/mol. The predicted molar refractivity (Wildman–Crippen MR) is 108 cm³/mol. The summed E-state index contributed by atoms with van der Waals surface area (Å²) >= 11 is 0. The largest absolute Gasteiger partial charge is 0.422 e. The third-order valence-electron chi connectivity index (χ3n) is 4.33. The van der Waals surface area contributed by atoms with Gasteiger partial charge in [-0.05, 0) is 30.3 Å². The quantitative estimate of drug-likeness (QED) is 0.500. The molecule has 0 bridgehead atoms. The molecule has 2 heterocycles. The van der Waals surface area contributed by atoms with E-state index in [0.29, 0.717) is 28.0 Å². The van der Waals surface area contributed by atoms with Gasteiger partial charge in [0.05, 0.1) is 11.9 Å². The van der Waals surface area contributed by atoms with Gasteiger partial charge in [0.1, 0.15) is 22.8 Å². The average molecular weight is 389 g/mol. The Morgan fingerprint density at radius 3 is 2.62 bits per heavy atom. The number of pyridine rings is 1. The van der Waals surface area contributed by atoms with Gasteiger partial charge in [0.2, 0.25) is 0 Å². The molecule has 0 spiro atoms. The van der Waals surface area contributed by atoms with Crippen molar-refractivity contribution in [2.75, 3.05) is 10.6 Å². The van der Waals surface area contributed by atoms with Crippen molar-refractivity contribution in [3.8, 4) is 0 Å². The second kappa shape index (κ2) is 7.93. The molecule has 144 valence electrons. The Morgan fingerprint density at radius 1 is 1.03 bits per heavy atom. The van der Waals surface area contributed by atoms with E-state index in [1.54, 1.807) is 54.6 Å². The van der Waals surface area contributed by atoms with Crippen LogP contribution in [0.3, 0.4) is 0 Å². The van der Waals surface area contributed by atoms with Crippen molar-refractivity contribution in [2.24, 2.45) is 0 Å². The van der Waals surface area contributed by atoms with Crippen LogP contribution in [0.15, 0.2) is 82.1 Å². The lowest BCUT2D eigenvalue weighted by molar-refractivity contribution is 0.102. The third kappa shape index (κ3) is 4.14. The molecule has 2 aromatic carbocycles. The molecule has 29 heavy (non-hydrogen) atoms. The minimum atomic E-state index is -0.711. The van der Waals surface area contributed by atoms with E-state index in [2.05, 4.69) is 15.6 Å². The molecule has 0 aliphatic carbocycles. The number of nitrogens with zero attached hydrogens (tertiary/aromatic N) is 1. The first-order valence-corrected chi connectivity index (χ1v) is 8.88. The summed E-state index contributed by atoms with van der Waals surface area (Å²) in [6.45, 7) is 0.281. The molecule has 0 unspecified atom stereocenters. The summed E-state index contributed by atoms with van der Waals surface area (Å²) in [5.74, 6) is -0.354. The molecule has 6 nitrogen and oxygen atoms in total. The molecule has 0 radical (unpaired) electrons. The second-order valence-corrected chi connectivity index (χ2v) is 6.32. The zero-order chi connectivity index (χ0) is 20.2. The van der Waals surface area contributed by atoms with Crippen LogP contribution in [0.4, 0.5) is 15.9 Å². The Kier molecular flexibility index (Phi) is 5.03. The molecule has 2 N–H and O–H groups in total. The van der Waals surface area contributed by atoms with Crippen LogP contribution in [0, 0.1) is 5.82 Å². The van der Waals surface area contributed by atoms with E-state index in [9.17, 15) is 14.0 Å². The Hall–Kier alpha value is -4.00. The van der Waals surface area contributed by atoms with Crippen molar-refractivity contribution in [1.29, 1.82) is 0 Å². The lowest BCUT2D eigenvalue weighted by Gasteiger charge is -2.08. The molecule has 1 amide bonds. The normalized spacial score (nSPS) is 10.7. The molecule has 0 atom stereocenters. The van der Waals surface area contributed by atoms with Gasteiger partial charge in [0, 0.05) is 17.5 Å². The van der Waals surface area contributed by atoms with Crippen molar-refractivity contribution in [3.63, 3.8) is 0 Å². The van der Waals surface area contributed by atoms with Crippen molar-refractivity contribution in [3.05, 3.63) is 100 Å². The summed E-state index contributed by atoms with van der Waals surface area (Å²) < 4.78 is 18.8. The van der Waals surface area contributed by atoms with Gasteiger partial charge in [-0.3, -0.25) is 4.79 Å². The zero-order valence-electron chi connectivity index (χ0n) is 15.2. The fourth-order valence-corrected chi connectivity index (χ4v) is 2.82. The van der Waals surface area contributed by atoms with E-state index in [4.69, 9.17) is 4.42 Å². The number of amides is 1. The number of rotatable bonds is 5. The van der Waals surface area contributed by atoms with Crippen LogP contribution in [0.25, 0.3) is 11.0 Å². The summed E-state index contributed by atoms with van der Waals surface area (Å²) in [5.41, 5.74) is 0.553. The van der Waals surface area contributed by atoms with Gasteiger partial charge >= 0.3 is 5.63 Å². The maximum absolute atomic E-state index is 13.7. The van der Waals surface area contributed by atoms with Crippen LogP contribution < -0.4 is 16.3 Å². The van der Waals surface area contributed by atoms with Gasteiger partial charge in [-0.15, -0.1) is 0 Å². The van der Waals surface area contributed by atoms with Crippen molar-refractivity contribution in [2.45, 2.75) is 6.54 Å². The average Bonchev–Trinajstić information content (AvgIpc) is 2.73. The topological polar surface area (TPSA) is 84.2 Å². The number of para-hydroxylation sites is 1. The fraction of sp³-hybridized carbons (Fsp3) is 0.0455. The number of nitrogens with one attached hydrogen (secondary N) is 2. The summed E-state index contributed by atoms with van der Waals surface area (Å²) in [5, 5.41) is 6.29. The highest BCUT2D eigenvalue weighted by Crippen LogP contribution is 2.15.